The maximum Gasteiger partial charge on any atom is 0.325 e. The lowest BCUT2D eigenvalue weighted by Gasteiger charge is -2.20. The number of hydrogen-bond acceptors (Lipinski definition) is 2. The Balaban J connectivity index is 1.88. The van der Waals surface area contributed by atoms with Crippen LogP contribution in [0.2, 0.25) is 10.0 Å². The molecule has 2 fully saturated rings. The van der Waals surface area contributed by atoms with E-state index in [0.29, 0.717) is 28.5 Å². The van der Waals surface area contributed by atoms with Crippen molar-refractivity contribution < 1.29 is 9.59 Å². The molecule has 0 unspecified atom stereocenters. The molecular formula is C14H14Cl2N2O2. The number of hydrogen-bond donors (Lipinski definition) is 1. The van der Waals surface area contributed by atoms with Gasteiger partial charge in [-0.05, 0) is 25.0 Å². The average Bonchev–Trinajstić information content (AvgIpc) is 2.95. The first-order valence-corrected chi connectivity index (χ1v) is 7.36. The molecule has 0 aromatic heterocycles. The number of imide groups is 1. The molecular weight excluding hydrogens is 299 g/mol. The molecule has 1 spiro atoms. The number of amides is 3. The molecule has 1 saturated heterocycles. The molecule has 3 rings (SSSR count). The fourth-order valence-corrected chi connectivity index (χ4v) is 3.50. The number of halogens is 2. The van der Waals surface area contributed by atoms with E-state index in [9.17, 15) is 9.59 Å². The third-order valence-electron chi connectivity index (χ3n) is 4.08. The number of nitrogens with one attached hydrogen (secondary N) is 1. The molecule has 2 aliphatic rings. The topological polar surface area (TPSA) is 49.4 Å². The lowest BCUT2D eigenvalue weighted by molar-refractivity contribution is -0.131. The smallest absolute Gasteiger partial charge is 0.323 e. The summed E-state index contributed by atoms with van der Waals surface area (Å²) < 4.78 is 0. The molecule has 1 aliphatic carbocycles. The summed E-state index contributed by atoms with van der Waals surface area (Å²) in [5.41, 5.74) is -0.0838. The van der Waals surface area contributed by atoms with Gasteiger partial charge in [-0.3, -0.25) is 9.69 Å². The van der Waals surface area contributed by atoms with Gasteiger partial charge < -0.3 is 5.32 Å². The maximum absolute atomic E-state index is 12.5. The van der Waals surface area contributed by atoms with E-state index in [0.717, 1.165) is 12.8 Å². The van der Waals surface area contributed by atoms with Crippen molar-refractivity contribution in [2.45, 2.75) is 37.8 Å². The van der Waals surface area contributed by atoms with Gasteiger partial charge in [-0.25, -0.2) is 4.79 Å². The van der Waals surface area contributed by atoms with Crippen molar-refractivity contribution in [1.29, 1.82) is 0 Å². The lowest BCUT2D eigenvalue weighted by Crippen LogP contribution is -2.44. The minimum atomic E-state index is -0.690. The highest BCUT2D eigenvalue weighted by Crippen LogP contribution is 2.36. The number of carbonyl (C=O) groups is 2. The summed E-state index contributed by atoms with van der Waals surface area (Å²) in [6.45, 7) is 0.116. The molecule has 106 valence electrons. The predicted molar refractivity (Wildman–Crippen MR) is 76.7 cm³/mol. The van der Waals surface area contributed by atoms with Gasteiger partial charge in [0.1, 0.15) is 5.54 Å². The third-order valence-corrected chi connectivity index (χ3v) is 4.79. The SMILES string of the molecule is O=C1NC2(CCCC2)C(=O)N1Cc1c(Cl)cccc1Cl. The fraction of sp³-hybridized carbons (Fsp3) is 0.429. The Morgan fingerprint density at radius 1 is 1.15 bits per heavy atom. The van der Waals surface area contributed by atoms with E-state index < -0.39 is 5.54 Å². The standard InChI is InChI=1S/C14H14Cl2N2O2/c15-10-4-3-5-11(16)9(10)8-18-12(19)14(17-13(18)20)6-1-2-7-14/h3-5H,1-2,6-8H2,(H,17,20). The van der Waals surface area contributed by atoms with Crippen molar-refractivity contribution in [2.75, 3.05) is 0 Å². The highest BCUT2D eigenvalue weighted by atomic mass is 35.5. The molecule has 1 heterocycles. The molecule has 1 saturated carbocycles. The van der Waals surface area contributed by atoms with Gasteiger partial charge >= 0.3 is 6.03 Å². The molecule has 3 amide bonds. The van der Waals surface area contributed by atoms with Crippen LogP contribution in [0.1, 0.15) is 31.2 Å². The first kappa shape index (κ1) is 13.7. The zero-order chi connectivity index (χ0) is 14.3. The van der Waals surface area contributed by atoms with E-state index in [4.69, 9.17) is 23.2 Å². The Morgan fingerprint density at radius 2 is 1.75 bits per heavy atom. The number of carbonyl (C=O) groups excluding carboxylic acids is 2. The van der Waals surface area contributed by atoms with E-state index >= 15 is 0 Å². The lowest BCUT2D eigenvalue weighted by atomic mass is 9.98. The normalized spacial score (nSPS) is 20.8. The van der Waals surface area contributed by atoms with Crippen LogP contribution in [0.15, 0.2) is 18.2 Å². The van der Waals surface area contributed by atoms with E-state index in [1.54, 1.807) is 18.2 Å². The molecule has 6 heteroatoms. The van der Waals surface area contributed by atoms with Gasteiger partial charge in [0.15, 0.2) is 0 Å². The van der Waals surface area contributed by atoms with Gasteiger partial charge in [0.05, 0.1) is 6.54 Å². The second kappa shape index (κ2) is 4.93. The molecule has 1 aromatic carbocycles. The fourth-order valence-electron chi connectivity index (χ4n) is 2.98. The van der Waals surface area contributed by atoms with E-state index in [-0.39, 0.29) is 18.5 Å². The highest BCUT2D eigenvalue weighted by molar-refractivity contribution is 6.36. The van der Waals surface area contributed by atoms with Gasteiger partial charge in [0.2, 0.25) is 0 Å². The largest absolute Gasteiger partial charge is 0.325 e. The maximum atomic E-state index is 12.5. The van der Waals surface area contributed by atoms with Crippen LogP contribution in [0, 0.1) is 0 Å². The van der Waals surface area contributed by atoms with E-state index in [2.05, 4.69) is 5.32 Å². The summed E-state index contributed by atoms with van der Waals surface area (Å²) in [5.74, 6) is -0.156. The van der Waals surface area contributed by atoms with Gasteiger partial charge in [0.25, 0.3) is 5.91 Å². The van der Waals surface area contributed by atoms with Crippen LogP contribution in [0.4, 0.5) is 4.79 Å². The van der Waals surface area contributed by atoms with Crippen LogP contribution in [0.25, 0.3) is 0 Å². The van der Waals surface area contributed by atoms with Crippen molar-refractivity contribution in [3.63, 3.8) is 0 Å². The molecule has 0 radical (unpaired) electrons. The van der Waals surface area contributed by atoms with Gasteiger partial charge in [-0.15, -0.1) is 0 Å². The summed E-state index contributed by atoms with van der Waals surface area (Å²) in [4.78, 5) is 25.8. The monoisotopic (exact) mass is 312 g/mol. The predicted octanol–water partition coefficient (Wildman–Crippen LogP) is 3.36. The van der Waals surface area contributed by atoms with Gasteiger partial charge in [0, 0.05) is 15.6 Å². The summed E-state index contributed by atoms with van der Waals surface area (Å²) in [6.07, 6.45) is 3.36. The van der Waals surface area contributed by atoms with Crippen LogP contribution in [-0.4, -0.2) is 22.4 Å². The summed E-state index contributed by atoms with van der Waals surface area (Å²) >= 11 is 12.2. The molecule has 0 atom stereocenters. The third kappa shape index (κ3) is 2.07. The van der Waals surface area contributed by atoms with Gasteiger partial charge in [-0.1, -0.05) is 42.1 Å². The van der Waals surface area contributed by atoms with Crippen molar-refractivity contribution in [3.8, 4) is 0 Å². The van der Waals surface area contributed by atoms with Crippen molar-refractivity contribution >= 4 is 35.1 Å². The number of benzene rings is 1. The number of rotatable bonds is 2. The van der Waals surface area contributed by atoms with E-state index in [1.165, 1.54) is 4.90 Å². The van der Waals surface area contributed by atoms with Crippen LogP contribution < -0.4 is 5.32 Å². The molecule has 1 aliphatic heterocycles. The Labute approximate surface area is 127 Å². The number of urea groups is 1. The molecule has 20 heavy (non-hydrogen) atoms. The van der Waals surface area contributed by atoms with Gasteiger partial charge in [-0.2, -0.15) is 0 Å². The van der Waals surface area contributed by atoms with E-state index in [1.807, 2.05) is 0 Å². The average molecular weight is 313 g/mol. The van der Waals surface area contributed by atoms with Crippen LogP contribution in [0.5, 0.6) is 0 Å². The van der Waals surface area contributed by atoms with Crippen LogP contribution in [-0.2, 0) is 11.3 Å². The summed E-state index contributed by atoms with van der Waals surface area (Å²) in [7, 11) is 0. The molecule has 0 bridgehead atoms. The second-order valence-electron chi connectivity index (χ2n) is 5.31. The second-order valence-corrected chi connectivity index (χ2v) is 6.13. The minimum absolute atomic E-state index is 0.116. The zero-order valence-corrected chi connectivity index (χ0v) is 12.3. The Bertz CT molecular complexity index is 562. The first-order valence-electron chi connectivity index (χ1n) is 6.60. The number of nitrogens with zero attached hydrogens (tertiary/aromatic N) is 1. The quantitative estimate of drug-likeness (QED) is 0.851. The Morgan fingerprint density at radius 3 is 2.35 bits per heavy atom. The first-order chi connectivity index (χ1) is 9.53. The Kier molecular flexibility index (Phi) is 3.38. The molecule has 4 nitrogen and oxygen atoms in total. The summed E-state index contributed by atoms with van der Waals surface area (Å²) in [5, 5.41) is 3.77. The minimum Gasteiger partial charge on any atom is -0.323 e. The van der Waals surface area contributed by atoms with Crippen molar-refractivity contribution in [1.82, 2.24) is 10.2 Å². The molecule has 1 N–H and O–H groups in total. The Hall–Kier alpha value is -1.26. The molecule has 1 aromatic rings. The zero-order valence-electron chi connectivity index (χ0n) is 10.8. The van der Waals surface area contributed by atoms with Crippen LogP contribution in [0.3, 0.4) is 0 Å². The van der Waals surface area contributed by atoms with Crippen molar-refractivity contribution in [3.05, 3.63) is 33.8 Å². The van der Waals surface area contributed by atoms with Crippen molar-refractivity contribution in [2.24, 2.45) is 0 Å². The highest BCUT2D eigenvalue weighted by Gasteiger charge is 2.52. The summed E-state index contributed by atoms with van der Waals surface area (Å²) in [6, 6.07) is 4.78. The van der Waals surface area contributed by atoms with Crippen LogP contribution >= 0.6 is 23.2 Å².